The first kappa shape index (κ1) is 10.8. The molecule has 1 N–H and O–H groups in total. The second kappa shape index (κ2) is 4.85. The smallest absolute Gasteiger partial charge is 0.223 e. The van der Waals surface area contributed by atoms with E-state index in [1.807, 2.05) is 12.1 Å². The molecule has 2 aromatic heterocycles. The van der Waals surface area contributed by atoms with Crippen LogP contribution < -0.4 is 5.32 Å². The van der Waals surface area contributed by atoms with Crippen LogP contribution in [0.3, 0.4) is 0 Å². The Morgan fingerprint density at radius 1 is 1.38 bits per heavy atom. The molecule has 0 saturated carbocycles. The highest BCUT2D eigenvalue weighted by Gasteiger charge is 2.06. The lowest BCUT2D eigenvalue weighted by molar-refractivity contribution is 0.384. The summed E-state index contributed by atoms with van der Waals surface area (Å²) in [4.78, 5) is 8.11. The summed E-state index contributed by atoms with van der Waals surface area (Å²) in [6.45, 7) is 4.46. The Balaban J connectivity index is 1.91. The lowest BCUT2D eigenvalue weighted by Crippen LogP contribution is -2.18. The molecule has 0 fully saturated rings. The molecular weight excluding hydrogens is 204 g/mol. The molecule has 0 bridgehead atoms. The minimum atomic E-state index is 0.238. The highest BCUT2D eigenvalue weighted by atomic mass is 16.5. The van der Waals surface area contributed by atoms with E-state index < -0.39 is 0 Å². The summed E-state index contributed by atoms with van der Waals surface area (Å²) in [5, 5.41) is 7.14. The van der Waals surface area contributed by atoms with Gasteiger partial charge in [-0.15, -0.1) is 0 Å². The van der Waals surface area contributed by atoms with Gasteiger partial charge in [0.1, 0.15) is 0 Å². The first-order chi connectivity index (χ1) is 7.75. The van der Waals surface area contributed by atoms with Crippen molar-refractivity contribution in [1.29, 1.82) is 0 Å². The third-order valence-electron chi connectivity index (χ3n) is 2.34. The maximum Gasteiger partial charge on any atom is 0.223 e. The van der Waals surface area contributed by atoms with E-state index in [4.69, 9.17) is 4.52 Å². The summed E-state index contributed by atoms with van der Waals surface area (Å²) in [6.07, 6.45) is 3.57. The number of aryl methyl sites for hydroxylation is 1. The Bertz CT molecular complexity index is 440. The number of rotatable bonds is 4. The Kier molecular flexibility index (Phi) is 3.26. The van der Waals surface area contributed by atoms with Crippen LogP contribution in [0.5, 0.6) is 0 Å². The van der Waals surface area contributed by atoms with Crippen LogP contribution in [0.25, 0.3) is 0 Å². The topological polar surface area (TPSA) is 63.8 Å². The fourth-order valence-electron chi connectivity index (χ4n) is 1.43. The Morgan fingerprint density at radius 2 is 2.12 bits per heavy atom. The minimum Gasteiger partial charge on any atom is -0.340 e. The summed E-state index contributed by atoms with van der Waals surface area (Å²) >= 11 is 0. The molecule has 0 spiro atoms. The van der Waals surface area contributed by atoms with E-state index in [1.54, 1.807) is 19.3 Å². The standard InChI is InChI=1S/C11H14N4O/c1-8(10-3-5-12-6-4-10)13-7-11-14-9(2)16-15-11/h3-6,8,13H,7H2,1-2H3/t8-/m1/s1. The van der Waals surface area contributed by atoms with Gasteiger partial charge in [-0.05, 0) is 24.6 Å². The van der Waals surface area contributed by atoms with Crippen LogP contribution in [-0.4, -0.2) is 15.1 Å². The maximum atomic E-state index is 4.89. The Labute approximate surface area is 93.9 Å². The number of pyridine rings is 1. The van der Waals surface area contributed by atoms with Crippen molar-refractivity contribution in [2.45, 2.75) is 26.4 Å². The molecule has 0 unspecified atom stereocenters. The van der Waals surface area contributed by atoms with Gasteiger partial charge in [-0.2, -0.15) is 4.98 Å². The first-order valence-corrected chi connectivity index (χ1v) is 5.18. The minimum absolute atomic E-state index is 0.238. The van der Waals surface area contributed by atoms with Crippen molar-refractivity contribution in [3.05, 3.63) is 41.8 Å². The van der Waals surface area contributed by atoms with Gasteiger partial charge >= 0.3 is 0 Å². The van der Waals surface area contributed by atoms with Gasteiger partial charge < -0.3 is 9.84 Å². The SMILES string of the molecule is Cc1nc(CN[C@H](C)c2ccncc2)no1. The van der Waals surface area contributed by atoms with Crippen LogP contribution in [0.15, 0.2) is 29.0 Å². The van der Waals surface area contributed by atoms with Gasteiger partial charge in [0, 0.05) is 25.4 Å². The van der Waals surface area contributed by atoms with Crippen LogP contribution in [0.1, 0.15) is 30.2 Å². The second-order valence-corrected chi connectivity index (χ2v) is 3.61. The van der Waals surface area contributed by atoms with Crippen LogP contribution in [0.2, 0.25) is 0 Å². The molecule has 0 aliphatic rings. The molecule has 0 aliphatic carbocycles. The van der Waals surface area contributed by atoms with Crippen molar-refractivity contribution < 1.29 is 4.52 Å². The van der Waals surface area contributed by atoms with Crippen molar-refractivity contribution in [1.82, 2.24) is 20.4 Å². The van der Waals surface area contributed by atoms with Gasteiger partial charge in [-0.25, -0.2) is 0 Å². The predicted octanol–water partition coefficient (Wildman–Crippen LogP) is 1.62. The molecule has 1 atom stereocenters. The zero-order valence-corrected chi connectivity index (χ0v) is 9.34. The highest BCUT2D eigenvalue weighted by molar-refractivity contribution is 5.13. The summed E-state index contributed by atoms with van der Waals surface area (Å²) in [6, 6.07) is 4.21. The molecule has 2 heterocycles. The quantitative estimate of drug-likeness (QED) is 0.844. The van der Waals surface area contributed by atoms with Gasteiger partial charge in [-0.3, -0.25) is 4.98 Å². The lowest BCUT2D eigenvalue weighted by Gasteiger charge is -2.11. The normalized spacial score (nSPS) is 12.6. The maximum absolute atomic E-state index is 4.89. The van der Waals surface area contributed by atoms with Crippen molar-refractivity contribution in [3.8, 4) is 0 Å². The monoisotopic (exact) mass is 218 g/mol. The largest absolute Gasteiger partial charge is 0.340 e. The van der Waals surface area contributed by atoms with E-state index in [0.717, 1.165) is 0 Å². The van der Waals surface area contributed by atoms with Crippen molar-refractivity contribution >= 4 is 0 Å². The third-order valence-corrected chi connectivity index (χ3v) is 2.34. The molecule has 84 valence electrons. The van der Waals surface area contributed by atoms with Gasteiger partial charge in [0.2, 0.25) is 5.89 Å². The summed E-state index contributed by atoms with van der Waals surface area (Å²) < 4.78 is 4.89. The van der Waals surface area contributed by atoms with Gasteiger partial charge in [-0.1, -0.05) is 5.16 Å². The third kappa shape index (κ3) is 2.64. The molecule has 0 aromatic carbocycles. The molecule has 5 nitrogen and oxygen atoms in total. The Morgan fingerprint density at radius 3 is 2.75 bits per heavy atom. The molecule has 5 heteroatoms. The average molecular weight is 218 g/mol. The predicted molar refractivity (Wildman–Crippen MR) is 58.5 cm³/mol. The van der Waals surface area contributed by atoms with E-state index in [-0.39, 0.29) is 6.04 Å². The first-order valence-electron chi connectivity index (χ1n) is 5.18. The van der Waals surface area contributed by atoms with E-state index >= 15 is 0 Å². The van der Waals surface area contributed by atoms with Crippen molar-refractivity contribution in [2.75, 3.05) is 0 Å². The van der Waals surface area contributed by atoms with E-state index in [2.05, 4.69) is 27.4 Å². The number of hydrogen-bond donors (Lipinski definition) is 1. The van der Waals surface area contributed by atoms with E-state index in [1.165, 1.54) is 5.56 Å². The average Bonchev–Trinajstić information content (AvgIpc) is 2.73. The summed E-state index contributed by atoms with van der Waals surface area (Å²) in [7, 11) is 0. The number of nitrogens with one attached hydrogen (secondary N) is 1. The van der Waals surface area contributed by atoms with Crippen molar-refractivity contribution in [2.24, 2.45) is 0 Å². The molecule has 0 aliphatic heterocycles. The summed E-state index contributed by atoms with van der Waals surface area (Å²) in [5.41, 5.74) is 1.19. The molecular formula is C11H14N4O. The molecule has 0 saturated heterocycles. The molecule has 0 amide bonds. The molecule has 2 aromatic rings. The number of hydrogen-bond acceptors (Lipinski definition) is 5. The van der Waals surface area contributed by atoms with Gasteiger partial charge in [0.05, 0.1) is 6.54 Å². The number of nitrogens with zero attached hydrogens (tertiary/aromatic N) is 3. The number of aromatic nitrogens is 3. The fourth-order valence-corrected chi connectivity index (χ4v) is 1.43. The van der Waals surface area contributed by atoms with Crippen molar-refractivity contribution in [3.63, 3.8) is 0 Å². The second-order valence-electron chi connectivity index (χ2n) is 3.61. The fraction of sp³-hybridized carbons (Fsp3) is 0.364. The highest BCUT2D eigenvalue weighted by Crippen LogP contribution is 2.10. The van der Waals surface area contributed by atoms with Crippen LogP contribution >= 0.6 is 0 Å². The van der Waals surface area contributed by atoms with Crippen LogP contribution in [-0.2, 0) is 6.54 Å². The van der Waals surface area contributed by atoms with Gasteiger partial charge in [0.25, 0.3) is 0 Å². The van der Waals surface area contributed by atoms with E-state index in [9.17, 15) is 0 Å². The van der Waals surface area contributed by atoms with Crippen LogP contribution in [0, 0.1) is 6.92 Å². The molecule has 0 radical (unpaired) electrons. The van der Waals surface area contributed by atoms with Gasteiger partial charge in [0.15, 0.2) is 5.82 Å². The lowest BCUT2D eigenvalue weighted by atomic mass is 10.1. The zero-order chi connectivity index (χ0) is 11.4. The summed E-state index contributed by atoms with van der Waals surface area (Å²) in [5.74, 6) is 1.27. The molecule has 16 heavy (non-hydrogen) atoms. The molecule has 2 rings (SSSR count). The van der Waals surface area contributed by atoms with E-state index in [0.29, 0.717) is 18.3 Å². The Hall–Kier alpha value is -1.75. The zero-order valence-electron chi connectivity index (χ0n) is 9.34. The van der Waals surface area contributed by atoms with Crippen LogP contribution in [0.4, 0.5) is 0 Å².